The highest BCUT2D eigenvalue weighted by Crippen LogP contribution is 2.34. The zero-order valence-corrected chi connectivity index (χ0v) is 24.1. The molecular weight excluding hydrogens is 582 g/mol. The van der Waals surface area contributed by atoms with Crippen LogP contribution < -0.4 is 15.8 Å². The number of carbonyl (C=O) groups is 2. The molecular formula is C30H33BrClN3O4. The van der Waals surface area contributed by atoms with Gasteiger partial charge in [-0.2, -0.15) is 0 Å². The molecule has 1 fully saturated rings. The summed E-state index contributed by atoms with van der Waals surface area (Å²) in [5.74, 6) is 0.154. The first kappa shape index (κ1) is 30.2. The maximum Gasteiger partial charge on any atom is 0.338 e. The van der Waals surface area contributed by atoms with Crippen molar-refractivity contribution in [1.29, 1.82) is 5.41 Å². The third-order valence-electron chi connectivity index (χ3n) is 6.85. The zero-order valence-electron chi connectivity index (χ0n) is 21.7. The van der Waals surface area contributed by atoms with Crippen molar-refractivity contribution in [3.05, 3.63) is 87.9 Å². The lowest BCUT2D eigenvalue weighted by Gasteiger charge is -2.27. The van der Waals surface area contributed by atoms with Gasteiger partial charge in [-0.05, 0) is 95.4 Å². The second-order valence-electron chi connectivity index (χ2n) is 9.72. The minimum atomic E-state index is -0.371. The molecule has 0 amide bonds. The van der Waals surface area contributed by atoms with E-state index in [1.54, 1.807) is 18.2 Å². The van der Waals surface area contributed by atoms with Gasteiger partial charge in [-0.25, -0.2) is 4.79 Å². The first-order valence-electron chi connectivity index (χ1n) is 12.7. The number of ether oxygens (including phenoxy) is 2. The summed E-state index contributed by atoms with van der Waals surface area (Å²) in [6.07, 6.45) is 3.32. The van der Waals surface area contributed by atoms with Crippen molar-refractivity contribution in [3.63, 3.8) is 0 Å². The Balaban J connectivity index is 0.00000420. The SMILES string of the molecule is Cc1ccc(COC(=O)c2ccc(-c3ccc(OC(=O)[C@H]4CC[C@H](CNC(=N)N)CC4)c(Br)c3)cc2)cc1.Cl. The average molecular weight is 615 g/mol. The van der Waals surface area contributed by atoms with Crippen LogP contribution in [-0.4, -0.2) is 24.4 Å². The van der Waals surface area contributed by atoms with Crippen LogP contribution in [0, 0.1) is 24.2 Å². The predicted octanol–water partition coefficient (Wildman–Crippen LogP) is 6.40. The molecule has 0 aromatic heterocycles. The number of hydrogen-bond donors (Lipinski definition) is 3. The lowest BCUT2D eigenvalue weighted by atomic mass is 9.82. The van der Waals surface area contributed by atoms with Crippen LogP contribution in [0.15, 0.2) is 71.2 Å². The van der Waals surface area contributed by atoms with Gasteiger partial charge < -0.3 is 20.5 Å². The van der Waals surface area contributed by atoms with Gasteiger partial charge >= 0.3 is 11.9 Å². The molecule has 0 spiro atoms. The van der Waals surface area contributed by atoms with Crippen LogP contribution in [0.4, 0.5) is 0 Å². The molecule has 7 nitrogen and oxygen atoms in total. The number of aryl methyl sites for hydroxylation is 1. The van der Waals surface area contributed by atoms with E-state index >= 15 is 0 Å². The van der Waals surface area contributed by atoms with E-state index in [9.17, 15) is 9.59 Å². The van der Waals surface area contributed by atoms with Crippen molar-refractivity contribution in [2.45, 2.75) is 39.2 Å². The van der Waals surface area contributed by atoms with Gasteiger partial charge in [-0.3, -0.25) is 10.2 Å². The fourth-order valence-electron chi connectivity index (χ4n) is 4.53. The maximum atomic E-state index is 12.8. The third kappa shape index (κ3) is 8.57. The number of halogens is 2. The van der Waals surface area contributed by atoms with E-state index in [4.69, 9.17) is 20.6 Å². The Labute approximate surface area is 243 Å². The molecule has 4 rings (SSSR count). The van der Waals surface area contributed by atoms with Crippen LogP contribution in [-0.2, 0) is 16.1 Å². The number of guanidine groups is 1. The molecule has 3 aromatic carbocycles. The summed E-state index contributed by atoms with van der Waals surface area (Å²) in [5.41, 5.74) is 9.80. The van der Waals surface area contributed by atoms with Gasteiger partial charge in [-0.1, -0.05) is 48.0 Å². The Morgan fingerprint density at radius 2 is 1.62 bits per heavy atom. The first-order valence-corrected chi connectivity index (χ1v) is 13.5. The number of esters is 2. The van der Waals surface area contributed by atoms with Gasteiger partial charge in [0, 0.05) is 6.54 Å². The first-order chi connectivity index (χ1) is 18.3. The highest BCUT2D eigenvalue weighted by atomic mass is 79.9. The average Bonchev–Trinajstić information content (AvgIpc) is 2.93. The molecule has 0 saturated heterocycles. The van der Waals surface area contributed by atoms with Crippen molar-refractivity contribution in [1.82, 2.24) is 5.32 Å². The highest BCUT2D eigenvalue weighted by Gasteiger charge is 2.28. The van der Waals surface area contributed by atoms with E-state index in [0.717, 1.165) is 47.9 Å². The lowest BCUT2D eigenvalue weighted by Crippen LogP contribution is -2.36. The molecule has 3 aromatic rings. The van der Waals surface area contributed by atoms with Gasteiger partial charge in [-0.15, -0.1) is 12.4 Å². The largest absolute Gasteiger partial charge is 0.457 e. The summed E-state index contributed by atoms with van der Waals surface area (Å²) >= 11 is 3.53. The van der Waals surface area contributed by atoms with Crippen LogP contribution >= 0.6 is 28.3 Å². The molecule has 1 saturated carbocycles. The number of nitrogens with two attached hydrogens (primary N) is 1. The topological polar surface area (TPSA) is 114 Å². The van der Waals surface area contributed by atoms with E-state index in [0.29, 0.717) is 28.2 Å². The van der Waals surface area contributed by atoms with E-state index in [1.807, 2.05) is 55.5 Å². The number of nitrogens with one attached hydrogen (secondary N) is 2. The van der Waals surface area contributed by atoms with Gasteiger partial charge in [0.15, 0.2) is 5.96 Å². The van der Waals surface area contributed by atoms with Crippen LogP contribution in [0.3, 0.4) is 0 Å². The number of benzene rings is 3. The fourth-order valence-corrected chi connectivity index (χ4v) is 4.99. The number of carbonyl (C=O) groups excluding carboxylic acids is 2. The molecule has 0 aliphatic heterocycles. The standard InChI is InChI=1S/C30H32BrN3O4.ClH/c1-19-2-4-21(5-3-19)18-37-28(35)23-12-10-22(11-13-23)25-14-15-27(26(31)16-25)38-29(36)24-8-6-20(7-9-24)17-34-30(32)33;/h2-5,10-16,20,24H,6-9,17-18H2,1H3,(H4,32,33,34);1H/t20-,24-;. The third-order valence-corrected chi connectivity index (χ3v) is 7.47. The summed E-state index contributed by atoms with van der Waals surface area (Å²) in [6.45, 7) is 2.91. The molecule has 0 unspecified atom stereocenters. The molecule has 0 atom stereocenters. The van der Waals surface area contributed by atoms with Gasteiger partial charge in [0.05, 0.1) is 16.0 Å². The Morgan fingerprint density at radius 3 is 2.23 bits per heavy atom. The van der Waals surface area contributed by atoms with Crippen molar-refractivity contribution >= 4 is 46.2 Å². The van der Waals surface area contributed by atoms with Crippen LogP contribution in [0.2, 0.25) is 0 Å². The molecule has 0 heterocycles. The molecule has 1 aliphatic rings. The van der Waals surface area contributed by atoms with Crippen molar-refractivity contribution in [2.24, 2.45) is 17.6 Å². The van der Waals surface area contributed by atoms with Gasteiger partial charge in [0.1, 0.15) is 12.4 Å². The summed E-state index contributed by atoms with van der Waals surface area (Å²) in [7, 11) is 0. The quantitative estimate of drug-likeness (QED) is 0.117. The van der Waals surface area contributed by atoms with Crippen molar-refractivity contribution in [2.75, 3.05) is 6.54 Å². The van der Waals surface area contributed by atoms with Crippen LogP contribution in [0.5, 0.6) is 5.75 Å². The zero-order chi connectivity index (χ0) is 27.1. The lowest BCUT2D eigenvalue weighted by molar-refractivity contribution is -0.140. The van der Waals surface area contributed by atoms with Gasteiger partial charge in [0.2, 0.25) is 0 Å². The fraction of sp³-hybridized carbons (Fsp3) is 0.300. The normalized spacial score (nSPS) is 16.5. The number of rotatable bonds is 8. The molecule has 0 radical (unpaired) electrons. The summed E-state index contributed by atoms with van der Waals surface area (Å²) in [5, 5.41) is 10.1. The van der Waals surface area contributed by atoms with E-state index in [2.05, 4.69) is 21.2 Å². The molecule has 4 N–H and O–H groups in total. The Morgan fingerprint density at radius 1 is 0.974 bits per heavy atom. The summed E-state index contributed by atoms with van der Waals surface area (Å²) < 4.78 is 11.8. The monoisotopic (exact) mass is 613 g/mol. The maximum absolute atomic E-state index is 12.8. The second kappa shape index (κ2) is 14.1. The molecule has 206 valence electrons. The molecule has 1 aliphatic carbocycles. The highest BCUT2D eigenvalue weighted by molar-refractivity contribution is 9.10. The number of hydrogen-bond acceptors (Lipinski definition) is 5. The minimum absolute atomic E-state index is 0. The summed E-state index contributed by atoms with van der Waals surface area (Å²) in [4.78, 5) is 25.2. The van der Waals surface area contributed by atoms with E-state index < -0.39 is 0 Å². The van der Waals surface area contributed by atoms with E-state index in [1.165, 1.54) is 0 Å². The van der Waals surface area contributed by atoms with Crippen molar-refractivity contribution in [3.8, 4) is 16.9 Å². The smallest absolute Gasteiger partial charge is 0.338 e. The Hall–Kier alpha value is -3.36. The summed E-state index contributed by atoms with van der Waals surface area (Å²) in [6, 6.07) is 20.7. The van der Waals surface area contributed by atoms with Gasteiger partial charge in [0.25, 0.3) is 0 Å². The molecule has 39 heavy (non-hydrogen) atoms. The van der Waals surface area contributed by atoms with Crippen LogP contribution in [0.25, 0.3) is 11.1 Å². The van der Waals surface area contributed by atoms with Crippen LogP contribution in [0.1, 0.15) is 47.2 Å². The Kier molecular flexibility index (Phi) is 10.9. The van der Waals surface area contributed by atoms with Crippen molar-refractivity contribution < 1.29 is 19.1 Å². The predicted molar refractivity (Wildman–Crippen MR) is 158 cm³/mol. The Bertz CT molecular complexity index is 1290. The second-order valence-corrected chi connectivity index (χ2v) is 10.6. The molecule has 9 heteroatoms. The minimum Gasteiger partial charge on any atom is -0.457 e. The van der Waals surface area contributed by atoms with E-state index in [-0.39, 0.29) is 42.8 Å². The molecule has 0 bridgehead atoms.